The van der Waals surface area contributed by atoms with Gasteiger partial charge in [0, 0.05) is 30.5 Å². The summed E-state index contributed by atoms with van der Waals surface area (Å²) in [6.45, 7) is 7.35. The van der Waals surface area contributed by atoms with E-state index in [1.54, 1.807) is 36.7 Å². The number of pyridine rings is 1. The Bertz CT molecular complexity index is 692. The Labute approximate surface area is 136 Å². The van der Waals surface area contributed by atoms with Crippen LogP contribution in [0.1, 0.15) is 41.5 Å². The van der Waals surface area contributed by atoms with Gasteiger partial charge in [-0.25, -0.2) is 0 Å². The molecule has 2 rings (SSSR count). The molecule has 0 fully saturated rings. The first-order valence-electron chi connectivity index (χ1n) is 7.67. The lowest BCUT2D eigenvalue weighted by Crippen LogP contribution is -2.22. The van der Waals surface area contributed by atoms with Gasteiger partial charge in [-0.15, -0.1) is 0 Å². The maximum Gasteiger partial charge on any atom is 0.257 e. The molecule has 2 aromatic rings. The number of benzene rings is 1. The molecule has 23 heavy (non-hydrogen) atoms. The van der Waals surface area contributed by atoms with Crippen LogP contribution in [0, 0.1) is 0 Å². The van der Waals surface area contributed by atoms with Crippen molar-refractivity contribution in [3.05, 3.63) is 53.9 Å². The van der Waals surface area contributed by atoms with E-state index in [-0.39, 0.29) is 11.7 Å². The molecule has 0 saturated heterocycles. The standard InChI is InChI=1S/C18H21N3O2/c1-4-21(5-2)17-10-15(11-19-12-17)18(23)20-16-8-6-14(7-9-16)13(3)22/h6-12H,4-5H2,1-3H3,(H,20,23). The number of rotatable bonds is 6. The minimum Gasteiger partial charge on any atom is -0.371 e. The third-order valence-corrected chi connectivity index (χ3v) is 3.66. The smallest absolute Gasteiger partial charge is 0.257 e. The maximum absolute atomic E-state index is 12.3. The van der Waals surface area contributed by atoms with Crippen LogP contribution in [0.25, 0.3) is 0 Å². The largest absolute Gasteiger partial charge is 0.371 e. The fourth-order valence-electron chi connectivity index (χ4n) is 2.31. The molecule has 0 bridgehead atoms. The number of aromatic nitrogens is 1. The zero-order valence-corrected chi connectivity index (χ0v) is 13.7. The second-order valence-electron chi connectivity index (χ2n) is 5.19. The maximum atomic E-state index is 12.3. The number of hydrogen-bond acceptors (Lipinski definition) is 4. The molecule has 1 amide bonds. The number of hydrogen-bond donors (Lipinski definition) is 1. The summed E-state index contributed by atoms with van der Waals surface area (Å²) >= 11 is 0. The Morgan fingerprint density at radius 3 is 2.26 bits per heavy atom. The Kier molecular flexibility index (Phi) is 5.46. The predicted molar refractivity (Wildman–Crippen MR) is 92.2 cm³/mol. The summed E-state index contributed by atoms with van der Waals surface area (Å²) in [5.74, 6) is -0.221. The summed E-state index contributed by atoms with van der Waals surface area (Å²) < 4.78 is 0. The fraction of sp³-hybridized carbons (Fsp3) is 0.278. The van der Waals surface area contributed by atoms with Gasteiger partial charge in [0.15, 0.2) is 5.78 Å². The molecule has 1 heterocycles. The monoisotopic (exact) mass is 311 g/mol. The molecule has 5 heteroatoms. The first kappa shape index (κ1) is 16.7. The second-order valence-corrected chi connectivity index (χ2v) is 5.19. The third kappa shape index (κ3) is 4.16. The SMILES string of the molecule is CCN(CC)c1cncc(C(=O)Nc2ccc(C(C)=O)cc2)c1. The van der Waals surface area contributed by atoms with E-state index in [9.17, 15) is 9.59 Å². The van der Waals surface area contributed by atoms with Crippen LogP contribution in [0.4, 0.5) is 11.4 Å². The zero-order chi connectivity index (χ0) is 16.8. The number of Topliss-reactive ketones (excluding diaryl/α,β-unsaturated/α-hetero) is 1. The van der Waals surface area contributed by atoms with E-state index in [1.165, 1.54) is 6.92 Å². The number of ketones is 1. The van der Waals surface area contributed by atoms with E-state index < -0.39 is 0 Å². The van der Waals surface area contributed by atoms with Crippen LogP contribution in [0.2, 0.25) is 0 Å². The summed E-state index contributed by atoms with van der Waals surface area (Å²) in [6, 6.07) is 8.66. The highest BCUT2D eigenvalue weighted by Gasteiger charge is 2.10. The van der Waals surface area contributed by atoms with Crippen molar-refractivity contribution in [1.82, 2.24) is 4.98 Å². The number of anilines is 2. The van der Waals surface area contributed by atoms with E-state index in [0.717, 1.165) is 18.8 Å². The highest BCUT2D eigenvalue weighted by atomic mass is 16.1. The molecule has 0 aliphatic heterocycles. The molecule has 0 spiro atoms. The van der Waals surface area contributed by atoms with Crippen LogP contribution in [0.3, 0.4) is 0 Å². The predicted octanol–water partition coefficient (Wildman–Crippen LogP) is 3.38. The van der Waals surface area contributed by atoms with E-state index in [0.29, 0.717) is 16.8 Å². The Balaban J connectivity index is 2.14. The number of nitrogens with one attached hydrogen (secondary N) is 1. The molecule has 0 unspecified atom stereocenters. The first-order valence-corrected chi connectivity index (χ1v) is 7.67. The number of amides is 1. The highest BCUT2D eigenvalue weighted by molar-refractivity contribution is 6.04. The first-order chi connectivity index (χ1) is 11.0. The van der Waals surface area contributed by atoms with Crippen molar-refractivity contribution in [2.24, 2.45) is 0 Å². The Hall–Kier alpha value is -2.69. The van der Waals surface area contributed by atoms with Crippen molar-refractivity contribution in [1.29, 1.82) is 0 Å². The van der Waals surface area contributed by atoms with Gasteiger partial charge in [0.25, 0.3) is 5.91 Å². The van der Waals surface area contributed by atoms with Crippen molar-refractivity contribution in [3.8, 4) is 0 Å². The molecule has 1 N–H and O–H groups in total. The third-order valence-electron chi connectivity index (χ3n) is 3.66. The van der Waals surface area contributed by atoms with Gasteiger partial charge in [-0.1, -0.05) is 0 Å². The summed E-state index contributed by atoms with van der Waals surface area (Å²) in [7, 11) is 0. The molecular weight excluding hydrogens is 290 g/mol. The van der Waals surface area contributed by atoms with E-state index >= 15 is 0 Å². The van der Waals surface area contributed by atoms with Gasteiger partial charge in [-0.2, -0.15) is 0 Å². The van der Waals surface area contributed by atoms with Crippen molar-refractivity contribution in [2.45, 2.75) is 20.8 Å². The Morgan fingerprint density at radius 2 is 1.70 bits per heavy atom. The van der Waals surface area contributed by atoms with Crippen LogP contribution in [-0.2, 0) is 0 Å². The molecule has 1 aromatic heterocycles. The van der Waals surface area contributed by atoms with Crippen molar-refractivity contribution in [2.75, 3.05) is 23.3 Å². The van der Waals surface area contributed by atoms with Crippen LogP contribution < -0.4 is 10.2 Å². The fourth-order valence-corrected chi connectivity index (χ4v) is 2.31. The molecule has 0 aliphatic rings. The molecule has 0 aliphatic carbocycles. The van der Waals surface area contributed by atoms with E-state index in [2.05, 4.69) is 29.0 Å². The average molecular weight is 311 g/mol. The van der Waals surface area contributed by atoms with Gasteiger partial charge in [0.2, 0.25) is 0 Å². The molecule has 1 aromatic carbocycles. The van der Waals surface area contributed by atoms with Gasteiger partial charge >= 0.3 is 0 Å². The molecule has 0 saturated carbocycles. The number of carbonyl (C=O) groups excluding carboxylic acids is 2. The second kappa shape index (κ2) is 7.54. The summed E-state index contributed by atoms with van der Waals surface area (Å²) in [4.78, 5) is 29.9. The minimum absolute atomic E-state index is 0.000926. The minimum atomic E-state index is -0.220. The van der Waals surface area contributed by atoms with Crippen LogP contribution in [0.5, 0.6) is 0 Å². The topological polar surface area (TPSA) is 62.3 Å². The number of nitrogens with zero attached hydrogens (tertiary/aromatic N) is 2. The average Bonchev–Trinajstić information content (AvgIpc) is 2.57. The molecule has 5 nitrogen and oxygen atoms in total. The van der Waals surface area contributed by atoms with E-state index in [1.807, 2.05) is 6.07 Å². The number of carbonyl (C=O) groups is 2. The molecular formula is C18H21N3O2. The van der Waals surface area contributed by atoms with Gasteiger partial charge < -0.3 is 10.2 Å². The van der Waals surface area contributed by atoms with Crippen molar-refractivity contribution in [3.63, 3.8) is 0 Å². The lowest BCUT2D eigenvalue weighted by Gasteiger charge is -2.20. The highest BCUT2D eigenvalue weighted by Crippen LogP contribution is 2.16. The van der Waals surface area contributed by atoms with Crippen molar-refractivity contribution < 1.29 is 9.59 Å². The van der Waals surface area contributed by atoms with Gasteiger partial charge in [-0.05, 0) is 51.1 Å². The normalized spacial score (nSPS) is 10.2. The van der Waals surface area contributed by atoms with Gasteiger partial charge in [0.1, 0.15) is 0 Å². The molecule has 120 valence electrons. The summed E-state index contributed by atoms with van der Waals surface area (Å²) in [5.41, 5.74) is 2.70. The van der Waals surface area contributed by atoms with Crippen LogP contribution in [-0.4, -0.2) is 29.8 Å². The molecule has 0 atom stereocenters. The summed E-state index contributed by atoms with van der Waals surface area (Å²) in [6.07, 6.45) is 3.30. The van der Waals surface area contributed by atoms with Gasteiger partial charge in [-0.3, -0.25) is 14.6 Å². The summed E-state index contributed by atoms with van der Waals surface area (Å²) in [5, 5.41) is 2.82. The van der Waals surface area contributed by atoms with E-state index in [4.69, 9.17) is 0 Å². The Morgan fingerprint density at radius 1 is 1.04 bits per heavy atom. The van der Waals surface area contributed by atoms with Crippen LogP contribution in [0.15, 0.2) is 42.7 Å². The molecule has 0 radical (unpaired) electrons. The quantitative estimate of drug-likeness (QED) is 0.831. The lowest BCUT2D eigenvalue weighted by atomic mass is 10.1. The lowest BCUT2D eigenvalue weighted by molar-refractivity contribution is 0.101. The van der Waals surface area contributed by atoms with Gasteiger partial charge in [0.05, 0.1) is 17.4 Å². The van der Waals surface area contributed by atoms with Crippen molar-refractivity contribution >= 4 is 23.1 Å². The zero-order valence-electron chi connectivity index (χ0n) is 13.7. The van der Waals surface area contributed by atoms with Crippen LogP contribution >= 0.6 is 0 Å².